The molecule has 0 N–H and O–H groups in total. The maximum absolute atomic E-state index is 8.90. The van der Waals surface area contributed by atoms with Gasteiger partial charge in [-0.1, -0.05) is 15.9 Å². The summed E-state index contributed by atoms with van der Waals surface area (Å²) >= 11 is 3.49. The number of ether oxygens (including phenoxy) is 4. The zero-order chi connectivity index (χ0) is 15.5. The van der Waals surface area contributed by atoms with Gasteiger partial charge in [0.15, 0.2) is 23.0 Å². The van der Waals surface area contributed by atoms with Crippen molar-refractivity contribution in [1.82, 2.24) is 0 Å². The van der Waals surface area contributed by atoms with Crippen LogP contribution in [0.15, 0.2) is 34.8 Å². The van der Waals surface area contributed by atoms with Crippen LogP contribution in [-0.2, 0) is 6.61 Å². The first kappa shape index (κ1) is 14.5. The predicted molar refractivity (Wildman–Crippen MR) is 82.3 cm³/mol. The molecule has 0 fully saturated rings. The normalized spacial score (nSPS) is 11.9. The lowest BCUT2D eigenvalue weighted by Gasteiger charge is -2.12. The average molecular weight is 362 g/mol. The summed E-state index contributed by atoms with van der Waals surface area (Å²) in [5, 5.41) is 8.90. The van der Waals surface area contributed by atoms with Crippen molar-refractivity contribution in [3.05, 3.63) is 45.9 Å². The maximum atomic E-state index is 8.90. The Kier molecular flexibility index (Phi) is 4.07. The highest BCUT2D eigenvalue weighted by molar-refractivity contribution is 9.10. The fourth-order valence-electron chi connectivity index (χ4n) is 2.08. The Morgan fingerprint density at radius 2 is 1.95 bits per heavy atom. The van der Waals surface area contributed by atoms with Gasteiger partial charge >= 0.3 is 0 Å². The Morgan fingerprint density at radius 3 is 2.68 bits per heavy atom. The van der Waals surface area contributed by atoms with Crippen LogP contribution in [0.1, 0.15) is 11.1 Å². The van der Waals surface area contributed by atoms with Gasteiger partial charge in [-0.3, -0.25) is 0 Å². The van der Waals surface area contributed by atoms with E-state index in [0.717, 1.165) is 10.0 Å². The molecular formula is C16H12BrNO4. The second-order valence-corrected chi connectivity index (χ2v) is 5.42. The minimum absolute atomic E-state index is 0.232. The number of rotatable bonds is 4. The number of benzene rings is 2. The summed E-state index contributed by atoms with van der Waals surface area (Å²) < 4.78 is 22.6. The molecule has 5 nitrogen and oxygen atoms in total. The highest BCUT2D eigenvalue weighted by Crippen LogP contribution is 2.37. The molecule has 0 saturated carbocycles. The maximum Gasteiger partial charge on any atom is 0.231 e. The molecule has 0 amide bonds. The van der Waals surface area contributed by atoms with Gasteiger partial charge in [0.25, 0.3) is 0 Å². The Labute approximate surface area is 136 Å². The molecule has 3 rings (SSSR count). The van der Waals surface area contributed by atoms with E-state index in [-0.39, 0.29) is 6.79 Å². The molecule has 0 spiro atoms. The number of nitriles is 1. The first-order chi connectivity index (χ1) is 10.7. The van der Waals surface area contributed by atoms with Crippen LogP contribution in [-0.4, -0.2) is 13.9 Å². The van der Waals surface area contributed by atoms with E-state index in [4.69, 9.17) is 24.2 Å². The molecule has 2 aromatic rings. The summed E-state index contributed by atoms with van der Waals surface area (Å²) in [6, 6.07) is 10.9. The van der Waals surface area contributed by atoms with Gasteiger partial charge in [-0.25, -0.2) is 0 Å². The third kappa shape index (κ3) is 2.81. The van der Waals surface area contributed by atoms with Crippen molar-refractivity contribution in [2.45, 2.75) is 6.61 Å². The second-order valence-electron chi connectivity index (χ2n) is 4.56. The molecule has 0 saturated heterocycles. The molecule has 1 heterocycles. The Bertz CT molecular complexity index is 755. The summed E-state index contributed by atoms with van der Waals surface area (Å²) in [5.74, 6) is 2.52. The molecule has 0 radical (unpaired) electrons. The zero-order valence-corrected chi connectivity index (χ0v) is 13.3. The SMILES string of the molecule is COc1cc(C#N)ccc1OCc1cc2c(cc1Br)OCO2. The smallest absolute Gasteiger partial charge is 0.231 e. The summed E-state index contributed by atoms with van der Waals surface area (Å²) in [5.41, 5.74) is 1.45. The van der Waals surface area contributed by atoms with Gasteiger partial charge < -0.3 is 18.9 Å². The minimum Gasteiger partial charge on any atom is -0.493 e. The van der Waals surface area contributed by atoms with Crippen LogP contribution in [0.25, 0.3) is 0 Å². The average Bonchev–Trinajstić information content (AvgIpc) is 2.99. The Balaban J connectivity index is 1.80. The van der Waals surface area contributed by atoms with Crippen LogP contribution in [0.4, 0.5) is 0 Å². The first-order valence-electron chi connectivity index (χ1n) is 6.50. The molecule has 0 aromatic heterocycles. The monoisotopic (exact) mass is 361 g/mol. The van der Waals surface area contributed by atoms with Crippen molar-refractivity contribution in [2.24, 2.45) is 0 Å². The second kappa shape index (κ2) is 6.16. The van der Waals surface area contributed by atoms with Gasteiger partial charge in [0.05, 0.1) is 18.7 Å². The molecule has 1 aliphatic rings. The molecular weight excluding hydrogens is 350 g/mol. The van der Waals surface area contributed by atoms with Crippen molar-refractivity contribution in [3.63, 3.8) is 0 Å². The van der Waals surface area contributed by atoms with E-state index in [2.05, 4.69) is 22.0 Å². The molecule has 0 unspecified atom stereocenters. The van der Waals surface area contributed by atoms with E-state index in [0.29, 0.717) is 35.2 Å². The first-order valence-corrected chi connectivity index (χ1v) is 7.29. The summed E-state index contributed by atoms with van der Waals surface area (Å²) in [4.78, 5) is 0. The van der Waals surface area contributed by atoms with Gasteiger partial charge in [-0.2, -0.15) is 5.26 Å². The van der Waals surface area contributed by atoms with Crippen molar-refractivity contribution < 1.29 is 18.9 Å². The van der Waals surface area contributed by atoms with E-state index < -0.39 is 0 Å². The van der Waals surface area contributed by atoms with E-state index >= 15 is 0 Å². The topological polar surface area (TPSA) is 60.7 Å². The van der Waals surface area contributed by atoms with Gasteiger partial charge in [0, 0.05) is 16.1 Å². The van der Waals surface area contributed by atoms with Gasteiger partial charge in [-0.05, 0) is 24.3 Å². The standard InChI is InChI=1S/C16H12BrNO4/c1-19-14-4-10(7-18)2-3-13(14)20-8-11-5-15-16(6-12(11)17)22-9-21-15/h2-6H,8-9H2,1H3. The molecule has 22 heavy (non-hydrogen) atoms. The molecule has 0 aliphatic carbocycles. The molecule has 1 aliphatic heterocycles. The van der Waals surface area contributed by atoms with Crippen LogP contribution in [0.3, 0.4) is 0 Å². The van der Waals surface area contributed by atoms with Gasteiger partial charge in [0.1, 0.15) is 6.61 Å². The highest BCUT2D eigenvalue weighted by Gasteiger charge is 2.17. The van der Waals surface area contributed by atoms with E-state index in [1.165, 1.54) is 0 Å². The number of fused-ring (bicyclic) bond motifs is 1. The quantitative estimate of drug-likeness (QED) is 0.831. The predicted octanol–water partition coefficient (Wildman–Crippen LogP) is 3.64. The lowest BCUT2D eigenvalue weighted by molar-refractivity contribution is 0.174. The highest BCUT2D eigenvalue weighted by atomic mass is 79.9. The fraction of sp³-hybridized carbons (Fsp3) is 0.188. The molecule has 0 atom stereocenters. The molecule has 6 heteroatoms. The van der Waals surface area contributed by atoms with Crippen LogP contribution in [0, 0.1) is 11.3 Å². The third-order valence-corrected chi connectivity index (χ3v) is 3.96. The van der Waals surface area contributed by atoms with Crippen molar-refractivity contribution >= 4 is 15.9 Å². The molecule has 112 valence electrons. The van der Waals surface area contributed by atoms with Crippen LogP contribution in [0.5, 0.6) is 23.0 Å². The number of halogens is 1. The summed E-state index contributed by atoms with van der Waals surface area (Å²) in [6.07, 6.45) is 0. The van der Waals surface area contributed by atoms with E-state index in [1.807, 2.05) is 12.1 Å². The van der Waals surface area contributed by atoms with Crippen LogP contribution >= 0.6 is 15.9 Å². The number of hydrogen-bond donors (Lipinski definition) is 0. The third-order valence-electron chi connectivity index (χ3n) is 3.22. The lowest BCUT2D eigenvalue weighted by atomic mass is 10.2. The van der Waals surface area contributed by atoms with Crippen molar-refractivity contribution in [1.29, 1.82) is 5.26 Å². The summed E-state index contributed by atoms with van der Waals surface area (Å²) in [7, 11) is 1.54. The molecule has 2 aromatic carbocycles. The Morgan fingerprint density at radius 1 is 1.18 bits per heavy atom. The molecule has 0 bridgehead atoms. The number of hydrogen-bond acceptors (Lipinski definition) is 5. The van der Waals surface area contributed by atoms with Crippen LogP contribution < -0.4 is 18.9 Å². The minimum atomic E-state index is 0.232. The van der Waals surface area contributed by atoms with Gasteiger partial charge in [-0.15, -0.1) is 0 Å². The Hall–Kier alpha value is -2.39. The lowest BCUT2D eigenvalue weighted by Crippen LogP contribution is -1.99. The fourth-order valence-corrected chi connectivity index (χ4v) is 2.52. The van der Waals surface area contributed by atoms with Gasteiger partial charge in [0.2, 0.25) is 6.79 Å². The van der Waals surface area contributed by atoms with E-state index in [9.17, 15) is 0 Å². The number of nitrogens with zero attached hydrogens (tertiary/aromatic N) is 1. The zero-order valence-electron chi connectivity index (χ0n) is 11.8. The summed E-state index contributed by atoms with van der Waals surface area (Å²) in [6.45, 7) is 0.564. The van der Waals surface area contributed by atoms with Crippen LogP contribution in [0.2, 0.25) is 0 Å². The largest absolute Gasteiger partial charge is 0.493 e. The number of methoxy groups -OCH3 is 1. The van der Waals surface area contributed by atoms with Crippen molar-refractivity contribution in [3.8, 4) is 29.1 Å². The van der Waals surface area contributed by atoms with Crippen molar-refractivity contribution in [2.75, 3.05) is 13.9 Å². The van der Waals surface area contributed by atoms with E-state index in [1.54, 1.807) is 25.3 Å².